The molecule has 0 saturated carbocycles. The molecular weight excluding hydrogens is 367 g/mol. The monoisotopic (exact) mass is 380 g/mol. The van der Waals surface area contributed by atoms with E-state index in [0.29, 0.717) is 22.1 Å². The Morgan fingerprint density at radius 1 is 1.15 bits per heavy atom. The SMILES string of the molecule is Cc1nn(-c2ccc(Cl)cc2)c2ncnc(N/N=C/c3cccc(F)c3)c12. The van der Waals surface area contributed by atoms with E-state index in [1.54, 1.807) is 28.9 Å². The number of aryl methyl sites for hydroxylation is 1. The highest BCUT2D eigenvalue weighted by Crippen LogP contribution is 2.25. The molecule has 0 saturated heterocycles. The Kier molecular flexibility index (Phi) is 4.52. The highest BCUT2D eigenvalue weighted by molar-refractivity contribution is 6.30. The number of anilines is 1. The lowest BCUT2D eigenvalue weighted by molar-refractivity contribution is 0.627. The lowest BCUT2D eigenvalue weighted by Crippen LogP contribution is -1.99. The van der Waals surface area contributed by atoms with Crippen LogP contribution in [-0.2, 0) is 0 Å². The van der Waals surface area contributed by atoms with E-state index in [1.165, 1.54) is 24.7 Å². The first-order chi connectivity index (χ1) is 13.1. The number of fused-ring (bicyclic) bond motifs is 1. The summed E-state index contributed by atoms with van der Waals surface area (Å²) in [6, 6.07) is 13.5. The third kappa shape index (κ3) is 3.50. The molecule has 27 heavy (non-hydrogen) atoms. The van der Waals surface area contributed by atoms with Gasteiger partial charge in [0, 0.05) is 5.02 Å². The second-order valence-corrected chi connectivity index (χ2v) is 6.26. The van der Waals surface area contributed by atoms with Crippen LogP contribution >= 0.6 is 11.6 Å². The molecule has 0 aliphatic heterocycles. The summed E-state index contributed by atoms with van der Waals surface area (Å²) in [6.07, 6.45) is 2.96. The number of hydrogen-bond donors (Lipinski definition) is 1. The van der Waals surface area contributed by atoms with E-state index in [9.17, 15) is 4.39 Å². The zero-order valence-corrected chi connectivity index (χ0v) is 15.0. The standard InChI is InChI=1S/C19H14ClFN6/c1-12-17-18(25-24-10-13-3-2-4-15(21)9-13)22-11-23-19(17)27(26-12)16-7-5-14(20)6-8-16/h2-11H,1H3,(H,22,23,25)/b24-10+. The normalized spacial score (nSPS) is 11.4. The molecule has 2 heterocycles. The molecule has 0 bridgehead atoms. The van der Waals surface area contributed by atoms with Gasteiger partial charge in [0.15, 0.2) is 11.5 Å². The molecule has 0 aliphatic carbocycles. The summed E-state index contributed by atoms with van der Waals surface area (Å²) in [5.41, 5.74) is 5.77. The van der Waals surface area contributed by atoms with Crippen molar-refractivity contribution in [2.75, 3.05) is 5.43 Å². The van der Waals surface area contributed by atoms with E-state index in [2.05, 4.69) is 25.6 Å². The van der Waals surface area contributed by atoms with Gasteiger partial charge in [-0.25, -0.2) is 19.0 Å². The molecular formula is C19H14ClFN6. The van der Waals surface area contributed by atoms with Crippen LogP contribution in [0.5, 0.6) is 0 Å². The third-order valence-electron chi connectivity index (χ3n) is 3.94. The molecule has 134 valence electrons. The smallest absolute Gasteiger partial charge is 0.168 e. The molecule has 4 rings (SSSR count). The van der Waals surface area contributed by atoms with E-state index in [1.807, 2.05) is 19.1 Å². The van der Waals surface area contributed by atoms with Gasteiger partial charge in [0.2, 0.25) is 0 Å². The minimum Gasteiger partial charge on any atom is -0.261 e. The van der Waals surface area contributed by atoms with Crippen LogP contribution in [0.1, 0.15) is 11.3 Å². The second-order valence-electron chi connectivity index (χ2n) is 5.82. The fourth-order valence-corrected chi connectivity index (χ4v) is 2.85. The van der Waals surface area contributed by atoms with Crippen molar-refractivity contribution in [1.82, 2.24) is 19.7 Å². The molecule has 0 atom stereocenters. The van der Waals surface area contributed by atoms with E-state index in [-0.39, 0.29) is 5.82 Å². The summed E-state index contributed by atoms with van der Waals surface area (Å²) in [7, 11) is 0. The fraction of sp³-hybridized carbons (Fsp3) is 0.0526. The lowest BCUT2D eigenvalue weighted by atomic mass is 10.2. The Morgan fingerprint density at radius 2 is 1.96 bits per heavy atom. The van der Waals surface area contributed by atoms with Crippen molar-refractivity contribution in [3.8, 4) is 5.69 Å². The summed E-state index contributed by atoms with van der Waals surface area (Å²) < 4.78 is 15.0. The molecule has 0 spiro atoms. The Morgan fingerprint density at radius 3 is 2.74 bits per heavy atom. The van der Waals surface area contributed by atoms with Crippen molar-refractivity contribution in [3.05, 3.63) is 77.0 Å². The Bertz CT molecular complexity index is 1140. The molecule has 8 heteroatoms. The molecule has 0 aliphatic rings. The van der Waals surface area contributed by atoms with E-state index in [4.69, 9.17) is 11.6 Å². The predicted octanol–water partition coefficient (Wildman–Crippen LogP) is 4.36. The van der Waals surface area contributed by atoms with Gasteiger partial charge in [-0.1, -0.05) is 23.7 Å². The summed E-state index contributed by atoms with van der Waals surface area (Å²) in [5, 5.41) is 10.1. The number of halogens is 2. The molecule has 2 aromatic carbocycles. The molecule has 6 nitrogen and oxygen atoms in total. The zero-order chi connectivity index (χ0) is 18.8. The number of hydrazone groups is 1. The summed E-state index contributed by atoms with van der Waals surface area (Å²) in [6.45, 7) is 1.87. The minimum absolute atomic E-state index is 0.316. The van der Waals surface area contributed by atoms with E-state index in [0.717, 1.165) is 16.8 Å². The maximum absolute atomic E-state index is 13.2. The predicted molar refractivity (Wildman–Crippen MR) is 104 cm³/mol. The van der Waals surface area contributed by atoms with Crippen LogP contribution in [0.25, 0.3) is 16.7 Å². The lowest BCUT2D eigenvalue weighted by Gasteiger charge is -2.04. The number of aromatic nitrogens is 4. The van der Waals surface area contributed by atoms with Gasteiger partial charge in [0.1, 0.15) is 12.1 Å². The molecule has 0 unspecified atom stereocenters. The Labute approximate surface area is 159 Å². The first kappa shape index (κ1) is 17.1. The Hall–Kier alpha value is -3.32. The van der Waals surface area contributed by atoms with Gasteiger partial charge < -0.3 is 0 Å². The van der Waals surface area contributed by atoms with E-state index >= 15 is 0 Å². The molecule has 0 radical (unpaired) electrons. The summed E-state index contributed by atoms with van der Waals surface area (Å²) >= 11 is 5.96. The number of benzene rings is 2. The highest BCUT2D eigenvalue weighted by Gasteiger charge is 2.14. The van der Waals surface area contributed by atoms with Crippen molar-refractivity contribution in [2.45, 2.75) is 6.92 Å². The number of nitrogens with one attached hydrogen (secondary N) is 1. The van der Waals surface area contributed by atoms with Gasteiger partial charge in [-0.15, -0.1) is 0 Å². The first-order valence-corrected chi connectivity index (χ1v) is 8.50. The van der Waals surface area contributed by atoms with Crippen molar-refractivity contribution < 1.29 is 4.39 Å². The maximum Gasteiger partial charge on any atom is 0.168 e. The highest BCUT2D eigenvalue weighted by atomic mass is 35.5. The van der Waals surface area contributed by atoms with Crippen LogP contribution in [0.15, 0.2) is 60.0 Å². The summed E-state index contributed by atoms with van der Waals surface area (Å²) in [5.74, 6) is 0.203. The van der Waals surface area contributed by atoms with Crippen molar-refractivity contribution in [1.29, 1.82) is 0 Å². The van der Waals surface area contributed by atoms with Crippen LogP contribution in [-0.4, -0.2) is 26.0 Å². The molecule has 0 fully saturated rings. The maximum atomic E-state index is 13.2. The van der Waals surface area contributed by atoms with Crippen LogP contribution in [0.4, 0.5) is 10.2 Å². The quantitative estimate of drug-likeness (QED) is 0.422. The zero-order valence-electron chi connectivity index (χ0n) is 14.3. The van der Waals surface area contributed by atoms with Crippen LogP contribution in [0, 0.1) is 12.7 Å². The fourth-order valence-electron chi connectivity index (χ4n) is 2.72. The van der Waals surface area contributed by atoms with Gasteiger partial charge in [-0.2, -0.15) is 10.2 Å². The third-order valence-corrected chi connectivity index (χ3v) is 4.20. The molecule has 1 N–H and O–H groups in total. The van der Waals surface area contributed by atoms with Crippen LogP contribution < -0.4 is 5.43 Å². The molecule has 0 amide bonds. The van der Waals surface area contributed by atoms with Gasteiger partial charge in [-0.3, -0.25) is 5.43 Å². The number of hydrogen-bond acceptors (Lipinski definition) is 5. The Balaban J connectivity index is 1.69. The number of nitrogens with zero attached hydrogens (tertiary/aromatic N) is 5. The van der Waals surface area contributed by atoms with Crippen LogP contribution in [0.3, 0.4) is 0 Å². The number of rotatable bonds is 4. The van der Waals surface area contributed by atoms with Crippen molar-refractivity contribution in [3.63, 3.8) is 0 Å². The van der Waals surface area contributed by atoms with Gasteiger partial charge in [0.25, 0.3) is 0 Å². The van der Waals surface area contributed by atoms with Crippen molar-refractivity contribution in [2.24, 2.45) is 5.10 Å². The topological polar surface area (TPSA) is 68.0 Å². The van der Waals surface area contributed by atoms with E-state index < -0.39 is 0 Å². The first-order valence-electron chi connectivity index (χ1n) is 8.13. The average Bonchev–Trinajstić information content (AvgIpc) is 3.00. The largest absolute Gasteiger partial charge is 0.261 e. The summed E-state index contributed by atoms with van der Waals surface area (Å²) in [4.78, 5) is 8.61. The second kappa shape index (κ2) is 7.13. The van der Waals surface area contributed by atoms with Gasteiger partial charge in [-0.05, 0) is 48.9 Å². The van der Waals surface area contributed by atoms with Crippen molar-refractivity contribution >= 4 is 34.7 Å². The minimum atomic E-state index is -0.316. The van der Waals surface area contributed by atoms with Gasteiger partial charge in [0.05, 0.1) is 23.0 Å². The average molecular weight is 381 g/mol. The van der Waals surface area contributed by atoms with Gasteiger partial charge >= 0.3 is 0 Å². The molecule has 4 aromatic rings. The van der Waals surface area contributed by atoms with Crippen LogP contribution in [0.2, 0.25) is 5.02 Å². The molecule has 2 aromatic heterocycles.